The van der Waals surface area contributed by atoms with Crippen molar-refractivity contribution in [3.05, 3.63) is 16.6 Å². The van der Waals surface area contributed by atoms with E-state index >= 15 is 0 Å². The minimum Gasteiger partial charge on any atom is -0.409 e. The molecule has 94 valence electrons. The van der Waals surface area contributed by atoms with Crippen molar-refractivity contribution in [2.75, 3.05) is 6.54 Å². The van der Waals surface area contributed by atoms with Crippen molar-refractivity contribution in [1.29, 1.82) is 0 Å². The second-order valence-corrected chi connectivity index (χ2v) is 4.69. The van der Waals surface area contributed by atoms with Crippen LogP contribution >= 0.6 is 11.3 Å². The zero-order valence-corrected chi connectivity index (χ0v) is 10.6. The van der Waals surface area contributed by atoms with Gasteiger partial charge in [-0.25, -0.2) is 0 Å². The Bertz CT molecular complexity index is 389. The molecule has 0 aliphatic heterocycles. The molecule has 0 aliphatic rings. The minimum atomic E-state index is -0.0757. The highest BCUT2D eigenvalue weighted by Gasteiger charge is 2.19. The molecule has 0 atom stereocenters. The van der Waals surface area contributed by atoms with Gasteiger partial charge in [0.15, 0.2) is 0 Å². The molecular formula is C10H16N4O2S. The van der Waals surface area contributed by atoms with E-state index in [1.54, 1.807) is 16.6 Å². The molecule has 3 N–H and O–H groups in total. The lowest BCUT2D eigenvalue weighted by atomic mass is 10.2. The van der Waals surface area contributed by atoms with Crippen LogP contribution < -0.4 is 5.73 Å². The number of amides is 1. The molecule has 1 aromatic rings. The Morgan fingerprint density at radius 3 is 2.88 bits per heavy atom. The summed E-state index contributed by atoms with van der Waals surface area (Å²) in [6.07, 6.45) is 1.89. The summed E-state index contributed by atoms with van der Waals surface area (Å²) >= 11 is 1.30. The molecule has 1 aromatic heterocycles. The SMILES string of the molecule is CC(C)N(CCC(N)=NO)C(=O)c1cncs1. The molecule has 17 heavy (non-hydrogen) atoms. The Morgan fingerprint density at radius 2 is 2.41 bits per heavy atom. The lowest BCUT2D eigenvalue weighted by Gasteiger charge is -2.25. The fraction of sp³-hybridized carbons (Fsp3) is 0.500. The number of aromatic nitrogens is 1. The van der Waals surface area contributed by atoms with E-state index in [1.807, 2.05) is 13.8 Å². The largest absolute Gasteiger partial charge is 0.409 e. The molecule has 0 saturated carbocycles. The molecule has 1 amide bonds. The molecular weight excluding hydrogens is 240 g/mol. The first-order valence-corrected chi connectivity index (χ1v) is 6.10. The molecule has 6 nitrogen and oxygen atoms in total. The van der Waals surface area contributed by atoms with Crippen LogP contribution in [-0.4, -0.2) is 39.4 Å². The summed E-state index contributed by atoms with van der Waals surface area (Å²) < 4.78 is 0. The fourth-order valence-corrected chi connectivity index (χ4v) is 1.92. The second-order valence-electron chi connectivity index (χ2n) is 3.80. The summed E-state index contributed by atoms with van der Waals surface area (Å²) in [7, 11) is 0. The molecule has 0 radical (unpaired) electrons. The van der Waals surface area contributed by atoms with E-state index in [4.69, 9.17) is 10.9 Å². The monoisotopic (exact) mass is 256 g/mol. The fourth-order valence-electron chi connectivity index (χ4n) is 1.34. The quantitative estimate of drug-likeness (QED) is 0.357. The molecule has 0 unspecified atom stereocenters. The average Bonchev–Trinajstić information content (AvgIpc) is 2.81. The Morgan fingerprint density at radius 1 is 1.71 bits per heavy atom. The smallest absolute Gasteiger partial charge is 0.265 e. The van der Waals surface area contributed by atoms with E-state index in [0.29, 0.717) is 17.8 Å². The van der Waals surface area contributed by atoms with Crippen LogP contribution in [0.4, 0.5) is 0 Å². The van der Waals surface area contributed by atoms with Gasteiger partial charge in [0, 0.05) is 19.0 Å². The zero-order valence-electron chi connectivity index (χ0n) is 9.83. The number of rotatable bonds is 5. The number of carbonyl (C=O) groups excluding carboxylic acids is 1. The number of oxime groups is 1. The third-order valence-electron chi connectivity index (χ3n) is 2.26. The van der Waals surface area contributed by atoms with E-state index in [9.17, 15) is 4.79 Å². The van der Waals surface area contributed by atoms with Crippen LogP contribution in [0.1, 0.15) is 29.9 Å². The Hall–Kier alpha value is -1.63. The lowest BCUT2D eigenvalue weighted by molar-refractivity contribution is 0.0715. The molecule has 0 saturated heterocycles. The van der Waals surface area contributed by atoms with E-state index < -0.39 is 0 Å². The Labute approximate surface area is 104 Å². The van der Waals surface area contributed by atoms with Gasteiger partial charge in [0.05, 0.1) is 11.7 Å². The number of hydrogen-bond donors (Lipinski definition) is 2. The van der Waals surface area contributed by atoms with Gasteiger partial charge in [-0.05, 0) is 13.8 Å². The highest BCUT2D eigenvalue weighted by atomic mass is 32.1. The molecule has 0 bridgehead atoms. The van der Waals surface area contributed by atoms with Gasteiger partial charge < -0.3 is 15.8 Å². The van der Waals surface area contributed by atoms with Crippen molar-refractivity contribution < 1.29 is 10.0 Å². The van der Waals surface area contributed by atoms with Crippen molar-refractivity contribution >= 4 is 23.1 Å². The van der Waals surface area contributed by atoms with Crippen LogP contribution in [-0.2, 0) is 0 Å². The maximum Gasteiger partial charge on any atom is 0.265 e. The number of amidine groups is 1. The number of nitrogens with two attached hydrogens (primary N) is 1. The third-order valence-corrected chi connectivity index (χ3v) is 3.03. The number of hydrogen-bond acceptors (Lipinski definition) is 5. The first kappa shape index (κ1) is 13.4. The molecule has 7 heteroatoms. The minimum absolute atomic E-state index is 0.0519. The molecule has 0 fully saturated rings. The maximum atomic E-state index is 12.1. The summed E-state index contributed by atoms with van der Waals surface area (Å²) in [5.74, 6) is 0.0426. The van der Waals surface area contributed by atoms with Gasteiger partial charge >= 0.3 is 0 Å². The molecule has 0 aliphatic carbocycles. The van der Waals surface area contributed by atoms with Crippen LogP contribution in [0.25, 0.3) is 0 Å². The van der Waals surface area contributed by atoms with Gasteiger partial charge in [-0.15, -0.1) is 11.3 Å². The van der Waals surface area contributed by atoms with Crippen LogP contribution in [0.15, 0.2) is 16.9 Å². The van der Waals surface area contributed by atoms with Gasteiger partial charge in [-0.2, -0.15) is 0 Å². The molecule has 0 aromatic carbocycles. The lowest BCUT2D eigenvalue weighted by Crippen LogP contribution is -2.38. The summed E-state index contributed by atoms with van der Waals surface area (Å²) in [4.78, 5) is 18.2. The van der Waals surface area contributed by atoms with Crippen molar-refractivity contribution in [3.63, 3.8) is 0 Å². The zero-order chi connectivity index (χ0) is 12.8. The number of nitrogens with zero attached hydrogens (tertiary/aromatic N) is 3. The van der Waals surface area contributed by atoms with Crippen LogP contribution in [0.5, 0.6) is 0 Å². The van der Waals surface area contributed by atoms with Gasteiger partial charge in [0.2, 0.25) is 0 Å². The number of thiazole rings is 1. The Balaban J connectivity index is 2.70. The predicted molar refractivity (Wildman–Crippen MR) is 66.3 cm³/mol. The van der Waals surface area contributed by atoms with E-state index in [2.05, 4.69) is 10.1 Å². The van der Waals surface area contributed by atoms with Crippen LogP contribution in [0.3, 0.4) is 0 Å². The number of carbonyl (C=O) groups is 1. The van der Waals surface area contributed by atoms with Gasteiger partial charge in [0.1, 0.15) is 10.7 Å². The normalized spacial score (nSPS) is 11.8. The van der Waals surface area contributed by atoms with Crippen LogP contribution in [0, 0.1) is 0 Å². The topological polar surface area (TPSA) is 91.8 Å². The van der Waals surface area contributed by atoms with Crippen molar-refractivity contribution in [2.45, 2.75) is 26.3 Å². The highest BCUT2D eigenvalue weighted by Crippen LogP contribution is 2.12. The molecule has 1 heterocycles. The van der Waals surface area contributed by atoms with Crippen molar-refractivity contribution in [2.24, 2.45) is 10.9 Å². The second kappa shape index (κ2) is 6.19. The van der Waals surface area contributed by atoms with Gasteiger partial charge in [0.25, 0.3) is 5.91 Å². The first-order chi connectivity index (χ1) is 8.06. The van der Waals surface area contributed by atoms with Gasteiger partial charge in [-0.1, -0.05) is 5.16 Å². The standard InChI is InChI=1S/C10H16N4O2S/c1-7(2)14(4-3-9(11)13-16)10(15)8-5-12-6-17-8/h5-7,16H,3-4H2,1-2H3,(H2,11,13). The van der Waals surface area contributed by atoms with Crippen molar-refractivity contribution in [3.8, 4) is 0 Å². The van der Waals surface area contributed by atoms with E-state index in [-0.39, 0.29) is 17.8 Å². The highest BCUT2D eigenvalue weighted by molar-refractivity contribution is 7.11. The van der Waals surface area contributed by atoms with Crippen molar-refractivity contribution in [1.82, 2.24) is 9.88 Å². The van der Waals surface area contributed by atoms with E-state index in [1.165, 1.54) is 11.3 Å². The summed E-state index contributed by atoms with van der Waals surface area (Å²) in [5, 5.41) is 11.3. The maximum absolute atomic E-state index is 12.1. The van der Waals surface area contributed by atoms with Crippen LogP contribution in [0.2, 0.25) is 0 Å². The summed E-state index contributed by atoms with van der Waals surface area (Å²) in [6.45, 7) is 4.26. The Kier molecular flexibility index (Phi) is 4.89. The summed E-state index contributed by atoms with van der Waals surface area (Å²) in [5.41, 5.74) is 7.01. The first-order valence-electron chi connectivity index (χ1n) is 5.22. The van der Waals surface area contributed by atoms with Gasteiger partial charge in [-0.3, -0.25) is 9.78 Å². The molecule has 0 spiro atoms. The average molecular weight is 256 g/mol. The summed E-state index contributed by atoms with van der Waals surface area (Å²) in [6, 6.07) is 0.0519. The third kappa shape index (κ3) is 3.70. The predicted octanol–water partition coefficient (Wildman–Crippen LogP) is 1.13. The van der Waals surface area contributed by atoms with E-state index in [0.717, 1.165) is 0 Å². The molecule has 1 rings (SSSR count).